The van der Waals surface area contributed by atoms with Crippen LogP contribution in [0.25, 0.3) is 0 Å². The number of nitrogens with one attached hydrogen (secondary N) is 2. The number of rotatable bonds is 6. The number of aromatic nitrogens is 2. The van der Waals surface area contributed by atoms with Gasteiger partial charge < -0.3 is 20.9 Å². The first-order valence-electron chi connectivity index (χ1n) is 13.4. The quantitative estimate of drug-likeness (QED) is 0.232. The summed E-state index contributed by atoms with van der Waals surface area (Å²) < 4.78 is 42.0. The summed E-state index contributed by atoms with van der Waals surface area (Å²) in [6.45, 7) is 6.15. The van der Waals surface area contributed by atoms with Gasteiger partial charge in [0.15, 0.2) is 0 Å². The number of benzene rings is 1. The second kappa shape index (κ2) is 13.0. The number of carbonyl (C=O) groups excluding carboxylic acids is 1. The molecule has 0 aliphatic carbocycles. The summed E-state index contributed by atoms with van der Waals surface area (Å²) >= 11 is 0. The molecule has 4 rings (SSSR count). The lowest BCUT2D eigenvalue weighted by Gasteiger charge is -2.34. The minimum atomic E-state index is -4.60. The van der Waals surface area contributed by atoms with Gasteiger partial charge in [0, 0.05) is 75.9 Å². The van der Waals surface area contributed by atoms with Gasteiger partial charge in [-0.15, -0.1) is 0 Å². The van der Waals surface area contributed by atoms with E-state index in [0.29, 0.717) is 29.8 Å². The molecular weight excluding hydrogens is 545 g/mol. The Kier molecular flexibility index (Phi) is 9.45. The molecule has 220 valence electrons. The summed E-state index contributed by atoms with van der Waals surface area (Å²) in [5, 5.41) is 10.7. The third kappa shape index (κ3) is 7.63. The van der Waals surface area contributed by atoms with Crippen molar-refractivity contribution in [2.75, 3.05) is 57.9 Å². The van der Waals surface area contributed by atoms with Gasteiger partial charge in [-0.05, 0) is 42.4 Å². The highest BCUT2D eigenvalue weighted by Crippen LogP contribution is 2.33. The number of anilines is 2. The molecule has 3 heterocycles. The summed E-state index contributed by atoms with van der Waals surface area (Å²) in [5.41, 5.74) is 6.58. The molecule has 1 amide bonds. The minimum absolute atomic E-state index is 0.121. The lowest BCUT2D eigenvalue weighted by atomic mass is 10.0. The summed E-state index contributed by atoms with van der Waals surface area (Å²) in [6, 6.07) is 8.50. The molecule has 3 aromatic rings. The van der Waals surface area contributed by atoms with Crippen LogP contribution in [0.1, 0.15) is 45.1 Å². The number of pyridine rings is 2. The molecule has 1 aromatic carbocycles. The fourth-order valence-corrected chi connectivity index (χ4v) is 4.51. The molecule has 1 fully saturated rings. The van der Waals surface area contributed by atoms with E-state index >= 15 is 0 Å². The second-order valence-corrected chi connectivity index (χ2v) is 10.1. The van der Waals surface area contributed by atoms with Gasteiger partial charge in [0.1, 0.15) is 17.5 Å². The van der Waals surface area contributed by atoms with Gasteiger partial charge in [0.25, 0.3) is 5.91 Å². The minimum Gasteiger partial charge on any atom is -0.383 e. The SMILES string of the molecule is CCN1CCN(Cc2ccc(C(=O)Nc3cc(C#Cc4cnc(N)c(C(=N)N(C)C)c4)ccn3)cc2C(F)(F)F)CC1. The van der Waals surface area contributed by atoms with Crippen LogP contribution in [0.15, 0.2) is 48.8 Å². The van der Waals surface area contributed by atoms with Gasteiger partial charge in [-0.1, -0.05) is 24.8 Å². The number of hydrogen-bond acceptors (Lipinski definition) is 7. The number of nitrogen functional groups attached to an aromatic ring is 1. The van der Waals surface area contributed by atoms with Crippen LogP contribution in [0, 0.1) is 17.3 Å². The molecular formula is C30H33F3N8O. The third-order valence-electron chi connectivity index (χ3n) is 6.96. The zero-order valence-electron chi connectivity index (χ0n) is 23.7. The number of halogens is 3. The van der Waals surface area contributed by atoms with E-state index in [0.717, 1.165) is 25.7 Å². The predicted molar refractivity (Wildman–Crippen MR) is 156 cm³/mol. The highest BCUT2D eigenvalue weighted by Gasteiger charge is 2.34. The molecule has 9 nitrogen and oxygen atoms in total. The van der Waals surface area contributed by atoms with Crippen molar-refractivity contribution in [2.45, 2.75) is 19.6 Å². The maximum absolute atomic E-state index is 14.0. The van der Waals surface area contributed by atoms with Crippen LogP contribution >= 0.6 is 0 Å². The van der Waals surface area contributed by atoms with Crippen LogP contribution in [0.4, 0.5) is 24.8 Å². The lowest BCUT2D eigenvalue weighted by Crippen LogP contribution is -2.45. The molecule has 4 N–H and O–H groups in total. The molecule has 12 heteroatoms. The van der Waals surface area contributed by atoms with Gasteiger partial charge in [-0.3, -0.25) is 15.1 Å². The van der Waals surface area contributed by atoms with Gasteiger partial charge in [-0.2, -0.15) is 13.2 Å². The molecule has 1 aliphatic heterocycles. The monoisotopic (exact) mass is 578 g/mol. The number of piperazine rings is 1. The number of nitrogens with zero attached hydrogens (tertiary/aromatic N) is 5. The predicted octanol–water partition coefficient (Wildman–Crippen LogP) is 3.75. The Balaban J connectivity index is 1.49. The van der Waals surface area contributed by atoms with Crippen molar-refractivity contribution in [1.82, 2.24) is 24.7 Å². The molecule has 1 saturated heterocycles. The van der Waals surface area contributed by atoms with Crippen LogP contribution in [0.3, 0.4) is 0 Å². The molecule has 42 heavy (non-hydrogen) atoms. The van der Waals surface area contributed by atoms with Crippen molar-refractivity contribution in [2.24, 2.45) is 0 Å². The Morgan fingerprint density at radius 3 is 2.40 bits per heavy atom. The van der Waals surface area contributed by atoms with Crippen molar-refractivity contribution in [3.8, 4) is 11.8 Å². The Morgan fingerprint density at radius 2 is 1.74 bits per heavy atom. The van der Waals surface area contributed by atoms with Crippen molar-refractivity contribution in [1.29, 1.82) is 5.41 Å². The fourth-order valence-electron chi connectivity index (χ4n) is 4.51. The van der Waals surface area contributed by atoms with Crippen LogP contribution in [-0.2, 0) is 12.7 Å². The Morgan fingerprint density at radius 1 is 1.05 bits per heavy atom. The number of alkyl halides is 3. The standard InChI is InChI=1S/C30H33F3N8O/c1-4-40-11-13-41(14-12-40)19-23-8-7-22(17-25(23)30(31,32)33)29(42)38-26-16-20(9-10-36-26)5-6-21-15-24(27(34)37-18-21)28(35)39(2)3/h7-10,15-18,35H,4,11-14,19H2,1-3H3,(H2,34,37)(H,36,38,42). The number of amidine groups is 1. The molecule has 0 bridgehead atoms. The van der Waals surface area contributed by atoms with Crippen molar-refractivity contribution in [3.05, 3.63) is 82.2 Å². The molecule has 0 unspecified atom stereocenters. The maximum Gasteiger partial charge on any atom is 0.416 e. The molecule has 1 aliphatic rings. The molecule has 0 saturated carbocycles. The van der Waals surface area contributed by atoms with Crippen LogP contribution in [-0.4, -0.2) is 83.2 Å². The van der Waals surface area contributed by atoms with Gasteiger partial charge in [0.05, 0.1) is 11.1 Å². The van der Waals surface area contributed by atoms with E-state index in [1.54, 1.807) is 31.1 Å². The van der Waals surface area contributed by atoms with Gasteiger partial charge in [-0.25, -0.2) is 9.97 Å². The maximum atomic E-state index is 14.0. The smallest absolute Gasteiger partial charge is 0.383 e. The number of hydrogen-bond donors (Lipinski definition) is 3. The zero-order chi connectivity index (χ0) is 30.4. The van der Waals surface area contributed by atoms with Crippen molar-refractivity contribution >= 4 is 23.4 Å². The Hall–Kier alpha value is -4.47. The second-order valence-electron chi connectivity index (χ2n) is 10.1. The fraction of sp³-hybridized carbons (Fsp3) is 0.333. The highest BCUT2D eigenvalue weighted by molar-refractivity contribution is 6.04. The number of nitrogens with two attached hydrogens (primary N) is 1. The first-order valence-corrected chi connectivity index (χ1v) is 13.4. The third-order valence-corrected chi connectivity index (χ3v) is 6.96. The van der Waals surface area contributed by atoms with E-state index in [9.17, 15) is 18.0 Å². The highest BCUT2D eigenvalue weighted by atomic mass is 19.4. The van der Waals surface area contributed by atoms with Gasteiger partial charge >= 0.3 is 6.18 Å². The zero-order valence-corrected chi connectivity index (χ0v) is 23.7. The van der Waals surface area contributed by atoms with E-state index in [1.165, 1.54) is 30.6 Å². The van der Waals surface area contributed by atoms with Crippen LogP contribution < -0.4 is 11.1 Å². The average molecular weight is 579 g/mol. The number of likely N-dealkylation sites (N-methyl/N-ethyl adjacent to an activating group) is 1. The number of carbonyl (C=O) groups is 1. The van der Waals surface area contributed by atoms with E-state index in [2.05, 4.69) is 38.9 Å². The summed E-state index contributed by atoms with van der Waals surface area (Å²) in [7, 11) is 3.45. The lowest BCUT2D eigenvalue weighted by molar-refractivity contribution is -0.138. The first-order chi connectivity index (χ1) is 19.9. The molecule has 0 radical (unpaired) electrons. The molecule has 0 atom stereocenters. The molecule has 0 spiro atoms. The van der Waals surface area contributed by atoms with Crippen molar-refractivity contribution in [3.63, 3.8) is 0 Å². The van der Waals surface area contributed by atoms with E-state index in [-0.39, 0.29) is 35.1 Å². The van der Waals surface area contributed by atoms with E-state index < -0.39 is 17.6 Å². The van der Waals surface area contributed by atoms with E-state index in [1.807, 2.05) is 4.90 Å². The van der Waals surface area contributed by atoms with Crippen LogP contribution in [0.5, 0.6) is 0 Å². The molecule has 2 aromatic heterocycles. The summed E-state index contributed by atoms with van der Waals surface area (Å²) in [6.07, 6.45) is -1.67. The first kappa shape index (κ1) is 30.5. The summed E-state index contributed by atoms with van der Waals surface area (Å²) in [4.78, 5) is 27.0. The van der Waals surface area contributed by atoms with Crippen molar-refractivity contribution < 1.29 is 18.0 Å². The topological polar surface area (TPSA) is 114 Å². The largest absolute Gasteiger partial charge is 0.416 e. The van der Waals surface area contributed by atoms with Gasteiger partial charge in [0.2, 0.25) is 0 Å². The Bertz CT molecular complexity index is 1520. The Labute approximate surface area is 243 Å². The summed E-state index contributed by atoms with van der Waals surface area (Å²) in [5.74, 6) is 5.73. The average Bonchev–Trinajstić information content (AvgIpc) is 2.96. The van der Waals surface area contributed by atoms with E-state index in [4.69, 9.17) is 11.1 Å². The number of amides is 1. The normalized spacial score (nSPS) is 14.1. The van der Waals surface area contributed by atoms with Crippen LogP contribution in [0.2, 0.25) is 0 Å².